The van der Waals surface area contributed by atoms with Crippen LogP contribution in [0.1, 0.15) is 81.0 Å². The Hall–Kier alpha value is -4.18. The quantitative estimate of drug-likeness (QED) is 0.353. The highest BCUT2D eigenvalue weighted by Crippen LogP contribution is 2.42. The normalized spacial score (nSPS) is 17.4. The van der Waals surface area contributed by atoms with E-state index in [1.54, 1.807) is 13.8 Å². The van der Waals surface area contributed by atoms with Crippen LogP contribution in [0, 0.1) is 11.7 Å². The number of carbonyl (C=O) groups is 4. The maximum atomic E-state index is 14.9. The molecule has 2 aromatic rings. The number of nitrogens with zero attached hydrogens (tertiary/aromatic N) is 3. The first-order valence-electron chi connectivity index (χ1n) is 13.9. The predicted octanol–water partition coefficient (Wildman–Crippen LogP) is 4.77. The molecule has 0 radical (unpaired) electrons. The summed E-state index contributed by atoms with van der Waals surface area (Å²) >= 11 is 0. The van der Waals surface area contributed by atoms with Crippen molar-refractivity contribution < 1.29 is 49.9 Å². The Labute approximate surface area is 254 Å². The van der Waals surface area contributed by atoms with Crippen LogP contribution in [0.5, 0.6) is 0 Å². The number of benzene rings is 1. The number of carbonyl (C=O) groups excluding carboxylic acids is 4. The molecule has 1 aromatic carbocycles. The van der Waals surface area contributed by atoms with E-state index in [0.717, 1.165) is 6.92 Å². The van der Waals surface area contributed by atoms with Gasteiger partial charge in [0.15, 0.2) is 0 Å². The highest BCUT2D eigenvalue weighted by atomic mass is 19.4. The third-order valence-electron chi connectivity index (χ3n) is 6.74. The number of anilines is 1. The van der Waals surface area contributed by atoms with E-state index in [-0.39, 0.29) is 22.7 Å². The maximum absolute atomic E-state index is 14.9. The largest absolute Gasteiger partial charge is 0.416 e. The van der Waals surface area contributed by atoms with Crippen molar-refractivity contribution in [1.82, 2.24) is 20.0 Å². The van der Waals surface area contributed by atoms with E-state index in [2.05, 4.69) is 24.3 Å². The number of halogens is 7. The Bertz CT molecular complexity index is 1390. The molecule has 1 aromatic heterocycles. The predicted molar refractivity (Wildman–Crippen MR) is 148 cm³/mol. The van der Waals surface area contributed by atoms with Crippen molar-refractivity contribution in [3.8, 4) is 0 Å². The fourth-order valence-corrected chi connectivity index (χ4v) is 4.76. The monoisotopic (exact) mass is 652 g/mol. The first-order chi connectivity index (χ1) is 20.8. The molecule has 1 saturated heterocycles. The smallest absolute Gasteiger partial charge is 0.369 e. The van der Waals surface area contributed by atoms with E-state index in [4.69, 9.17) is 5.73 Å². The molecule has 0 aliphatic carbocycles. The number of nitrogens with two attached hydrogens (primary N) is 1. The van der Waals surface area contributed by atoms with Crippen molar-refractivity contribution in [3.05, 3.63) is 47.0 Å². The molecule has 250 valence electrons. The average molecular weight is 653 g/mol. The lowest BCUT2D eigenvalue weighted by molar-refractivity contribution is -0.192. The van der Waals surface area contributed by atoms with Gasteiger partial charge in [0.05, 0.1) is 29.6 Å². The summed E-state index contributed by atoms with van der Waals surface area (Å²) in [4.78, 5) is 49.5. The maximum Gasteiger partial charge on any atom is 0.416 e. The van der Waals surface area contributed by atoms with E-state index in [9.17, 15) is 49.9 Å². The number of alkyl halides is 6. The summed E-state index contributed by atoms with van der Waals surface area (Å²) in [5.41, 5.74) is 1.62. The second-order valence-electron chi connectivity index (χ2n) is 10.6. The molecule has 0 saturated carbocycles. The lowest BCUT2D eigenvalue weighted by atomic mass is 9.92. The Balaban J connectivity index is 0.00000226. The van der Waals surface area contributed by atoms with Crippen molar-refractivity contribution in [3.63, 3.8) is 0 Å². The lowest BCUT2D eigenvalue weighted by Crippen LogP contribution is -2.51. The average Bonchev–Trinajstić information content (AvgIpc) is 3.60. The number of nitrogens with one attached hydrogen (secondary N) is 2. The minimum absolute atomic E-state index is 0.0965. The van der Waals surface area contributed by atoms with E-state index in [0.29, 0.717) is 6.07 Å². The second-order valence-corrected chi connectivity index (χ2v) is 10.6. The van der Waals surface area contributed by atoms with Crippen LogP contribution in [-0.4, -0.2) is 63.6 Å². The Morgan fingerprint density at radius 3 is 2.18 bits per heavy atom. The highest BCUT2D eigenvalue weighted by Gasteiger charge is 2.56. The molecular weight excluding hydrogens is 617 g/mol. The van der Waals surface area contributed by atoms with E-state index in [1.165, 1.54) is 23.4 Å². The van der Waals surface area contributed by atoms with Crippen molar-refractivity contribution >= 4 is 29.3 Å². The van der Waals surface area contributed by atoms with Crippen LogP contribution in [-0.2, 0) is 20.6 Å². The minimum Gasteiger partial charge on any atom is -0.369 e. The number of primary amides is 1. The minimum atomic E-state index is -5.22. The van der Waals surface area contributed by atoms with E-state index < -0.39 is 96.0 Å². The molecule has 4 N–H and O–H groups in total. The van der Waals surface area contributed by atoms with Gasteiger partial charge in [0.2, 0.25) is 17.7 Å². The van der Waals surface area contributed by atoms with Gasteiger partial charge in [-0.15, -0.1) is 0 Å². The van der Waals surface area contributed by atoms with Gasteiger partial charge in [0.25, 0.3) is 5.91 Å². The summed E-state index contributed by atoms with van der Waals surface area (Å²) < 4.78 is 99.3. The van der Waals surface area contributed by atoms with Crippen molar-refractivity contribution in [1.29, 1.82) is 0 Å². The number of aromatic nitrogens is 2. The Kier molecular flexibility index (Phi) is 12.1. The van der Waals surface area contributed by atoms with E-state index in [1.807, 2.05) is 5.32 Å². The van der Waals surface area contributed by atoms with Crippen molar-refractivity contribution in [2.75, 3.05) is 18.4 Å². The number of rotatable bonds is 8. The van der Waals surface area contributed by atoms with Crippen molar-refractivity contribution in [2.45, 2.75) is 77.8 Å². The summed E-state index contributed by atoms with van der Waals surface area (Å²) in [6, 6.07) is -0.981. The first-order valence-corrected chi connectivity index (χ1v) is 13.9. The zero-order valence-electron chi connectivity index (χ0n) is 25.1. The summed E-state index contributed by atoms with van der Waals surface area (Å²) in [7, 11) is 0. The summed E-state index contributed by atoms with van der Waals surface area (Å²) in [5, 5.41) is 8.11. The molecule has 3 atom stereocenters. The Morgan fingerprint density at radius 1 is 1.07 bits per heavy atom. The summed E-state index contributed by atoms with van der Waals surface area (Å²) in [6.45, 7) is 7.24. The van der Waals surface area contributed by atoms with Gasteiger partial charge in [0, 0.05) is 18.8 Å². The van der Waals surface area contributed by atoms with Gasteiger partial charge < -0.3 is 21.3 Å². The SMILES string of the molecule is CC(C(=O)N1CCC(C(N)=O)C1C(F)(F)F)c1cc(F)c(NC(=O)CNC(=O)c2ccnn2C(C)C)cc1C(F)(F)F.CCC. The molecule has 1 aliphatic heterocycles. The van der Waals surface area contributed by atoms with Gasteiger partial charge in [-0.1, -0.05) is 20.3 Å². The summed E-state index contributed by atoms with van der Waals surface area (Å²) in [6.07, 6.45) is -8.19. The standard InChI is InChI=1S/C25H27F7N6O4.C3H8/c1-11(2)38-18(4-6-35-38)22(41)34-10-19(39)36-17-9-15(24(27,28)29)14(8-16(17)26)12(3)23(42)37-7-5-13(21(33)40)20(37)25(30,31)32;1-3-2/h4,6,8-9,11-13,20H,5,7,10H2,1-3H3,(H2,33,40)(H,34,41)(H,36,39);3H2,1-2H3. The van der Waals surface area contributed by atoms with Crippen LogP contribution in [0.3, 0.4) is 0 Å². The lowest BCUT2D eigenvalue weighted by Gasteiger charge is -2.31. The topological polar surface area (TPSA) is 139 Å². The third kappa shape index (κ3) is 8.94. The molecule has 2 heterocycles. The molecule has 45 heavy (non-hydrogen) atoms. The molecule has 0 spiro atoms. The van der Waals surface area contributed by atoms with Gasteiger partial charge in [-0.25, -0.2) is 4.39 Å². The van der Waals surface area contributed by atoms with Gasteiger partial charge >= 0.3 is 12.4 Å². The molecular formula is C28H35F7N6O4. The number of hydrogen-bond acceptors (Lipinski definition) is 5. The molecule has 3 unspecified atom stereocenters. The van der Waals surface area contributed by atoms with Crippen LogP contribution < -0.4 is 16.4 Å². The fraction of sp³-hybridized carbons (Fsp3) is 0.536. The number of likely N-dealkylation sites (tertiary alicyclic amines) is 1. The van der Waals surface area contributed by atoms with Crippen LogP contribution in [0.25, 0.3) is 0 Å². The molecule has 1 fully saturated rings. The molecule has 3 rings (SSSR count). The van der Waals surface area contributed by atoms with Crippen LogP contribution in [0.2, 0.25) is 0 Å². The zero-order valence-corrected chi connectivity index (χ0v) is 25.1. The van der Waals surface area contributed by atoms with Crippen LogP contribution in [0.4, 0.5) is 36.4 Å². The van der Waals surface area contributed by atoms with Gasteiger partial charge in [-0.05, 0) is 51.0 Å². The fourth-order valence-electron chi connectivity index (χ4n) is 4.76. The van der Waals surface area contributed by atoms with Crippen LogP contribution in [0.15, 0.2) is 24.4 Å². The second kappa shape index (κ2) is 14.7. The van der Waals surface area contributed by atoms with E-state index >= 15 is 0 Å². The van der Waals surface area contributed by atoms with Crippen molar-refractivity contribution in [2.24, 2.45) is 11.7 Å². The van der Waals surface area contributed by atoms with Gasteiger partial charge in [0.1, 0.15) is 17.6 Å². The van der Waals surface area contributed by atoms with Gasteiger partial charge in [-0.2, -0.15) is 31.4 Å². The van der Waals surface area contributed by atoms with Crippen LogP contribution >= 0.6 is 0 Å². The number of hydrogen-bond donors (Lipinski definition) is 3. The van der Waals surface area contributed by atoms with Gasteiger partial charge in [-0.3, -0.25) is 23.9 Å². The highest BCUT2D eigenvalue weighted by molar-refractivity contribution is 5.98. The molecule has 1 aliphatic rings. The Morgan fingerprint density at radius 2 is 1.67 bits per heavy atom. The molecule has 0 bridgehead atoms. The zero-order chi connectivity index (χ0) is 34.4. The molecule has 10 nitrogen and oxygen atoms in total. The summed E-state index contributed by atoms with van der Waals surface area (Å²) in [5.74, 6) is -9.72. The molecule has 4 amide bonds. The number of amides is 4. The first kappa shape index (κ1) is 37.0. The third-order valence-corrected chi connectivity index (χ3v) is 6.74. The molecule has 17 heteroatoms.